The molecule has 6 heteroatoms. The topological polar surface area (TPSA) is 61.9 Å². The van der Waals surface area contributed by atoms with Crippen molar-refractivity contribution in [2.24, 2.45) is 5.92 Å². The average Bonchev–Trinajstić information content (AvgIpc) is 3.02. The van der Waals surface area contributed by atoms with E-state index in [9.17, 15) is 9.59 Å². The minimum atomic E-state index is -0.249. The van der Waals surface area contributed by atoms with Crippen LogP contribution in [-0.4, -0.2) is 62.7 Å². The maximum absolute atomic E-state index is 12.3. The van der Waals surface area contributed by atoms with Crippen LogP contribution >= 0.6 is 0 Å². The summed E-state index contributed by atoms with van der Waals surface area (Å²) in [4.78, 5) is 28.5. The Bertz CT molecular complexity index is 558. The van der Waals surface area contributed by atoms with Gasteiger partial charge in [0, 0.05) is 38.3 Å². The molecule has 2 amide bonds. The summed E-state index contributed by atoms with van der Waals surface area (Å²) >= 11 is 0. The van der Waals surface area contributed by atoms with E-state index in [4.69, 9.17) is 4.74 Å². The van der Waals surface area contributed by atoms with E-state index in [2.05, 4.69) is 10.2 Å². The number of carbonyl (C=O) groups is 2. The number of hydrogen-bond donors (Lipinski definition) is 1. The molecule has 1 atom stereocenters. The molecule has 1 N–H and O–H groups in total. The van der Waals surface area contributed by atoms with Gasteiger partial charge in [0.1, 0.15) is 0 Å². The summed E-state index contributed by atoms with van der Waals surface area (Å²) < 4.78 is 5.32. The number of benzene rings is 1. The van der Waals surface area contributed by atoms with Gasteiger partial charge in [0.15, 0.2) is 0 Å². The lowest BCUT2D eigenvalue weighted by molar-refractivity contribution is -0.126. The van der Waals surface area contributed by atoms with Crippen molar-refractivity contribution in [3.8, 4) is 0 Å². The highest BCUT2D eigenvalue weighted by molar-refractivity contribution is 6.00. The molecular weight excluding hydrogens is 306 g/mol. The zero-order valence-corrected chi connectivity index (χ0v) is 13.9. The van der Waals surface area contributed by atoms with Gasteiger partial charge in [-0.3, -0.25) is 14.5 Å². The number of carbonyl (C=O) groups excluding carboxylic acids is 2. The molecule has 0 saturated carbocycles. The first-order valence-electron chi connectivity index (χ1n) is 8.67. The molecule has 2 aliphatic heterocycles. The van der Waals surface area contributed by atoms with Crippen molar-refractivity contribution < 1.29 is 14.3 Å². The molecule has 0 bridgehead atoms. The third-order valence-corrected chi connectivity index (χ3v) is 4.62. The summed E-state index contributed by atoms with van der Waals surface area (Å²) in [5.41, 5.74) is 0.866. The zero-order valence-electron chi connectivity index (χ0n) is 13.9. The van der Waals surface area contributed by atoms with Crippen molar-refractivity contribution in [2.45, 2.75) is 12.8 Å². The van der Waals surface area contributed by atoms with E-state index in [0.717, 1.165) is 45.0 Å². The number of morpholine rings is 1. The van der Waals surface area contributed by atoms with Gasteiger partial charge in [0.25, 0.3) is 0 Å². The molecule has 1 aromatic carbocycles. The first-order valence-corrected chi connectivity index (χ1v) is 8.67. The van der Waals surface area contributed by atoms with Crippen LogP contribution in [0.4, 0.5) is 5.69 Å². The van der Waals surface area contributed by atoms with E-state index >= 15 is 0 Å². The van der Waals surface area contributed by atoms with Crippen molar-refractivity contribution in [1.29, 1.82) is 0 Å². The van der Waals surface area contributed by atoms with E-state index in [-0.39, 0.29) is 17.7 Å². The predicted molar refractivity (Wildman–Crippen MR) is 91.8 cm³/mol. The molecule has 0 aromatic heterocycles. The molecule has 24 heavy (non-hydrogen) atoms. The Morgan fingerprint density at radius 1 is 1.21 bits per heavy atom. The molecule has 6 nitrogen and oxygen atoms in total. The minimum absolute atomic E-state index is 0.0104. The molecule has 130 valence electrons. The van der Waals surface area contributed by atoms with Crippen molar-refractivity contribution in [3.63, 3.8) is 0 Å². The highest BCUT2D eigenvalue weighted by atomic mass is 16.5. The number of nitrogens with one attached hydrogen (secondary N) is 1. The fraction of sp³-hybridized carbons (Fsp3) is 0.556. The Balaban J connectivity index is 1.40. The number of nitrogens with zero attached hydrogens (tertiary/aromatic N) is 2. The van der Waals surface area contributed by atoms with Crippen LogP contribution in [0, 0.1) is 5.92 Å². The van der Waals surface area contributed by atoms with Gasteiger partial charge in [0.2, 0.25) is 11.8 Å². The first kappa shape index (κ1) is 16.9. The second kappa shape index (κ2) is 8.26. The van der Waals surface area contributed by atoms with Gasteiger partial charge < -0.3 is 15.0 Å². The lowest BCUT2D eigenvalue weighted by atomic mass is 10.1. The van der Waals surface area contributed by atoms with Crippen LogP contribution in [-0.2, 0) is 14.3 Å². The number of para-hydroxylation sites is 1. The Kier molecular flexibility index (Phi) is 5.82. The molecule has 1 unspecified atom stereocenters. The number of hydrogen-bond acceptors (Lipinski definition) is 4. The maximum atomic E-state index is 12.3. The normalized spacial score (nSPS) is 21.9. The van der Waals surface area contributed by atoms with E-state index in [1.165, 1.54) is 0 Å². The summed E-state index contributed by atoms with van der Waals surface area (Å²) in [6.07, 6.45) is 1.22. The van der Waals surface area contributed by atoms with Crippen molar-refractivity contribution in [1.82, 2.24) is 10.2 Å². The smallest absolute Gasteiger partial charge is 0.227 e. The Labute approximate surface area is 142 Å². The van der Waals surface area contributed by atoms with Crippen LogP contribution < -0.4 is 10.2 Å². The van der Waals surface area contributed by atoms with Crippen molar-refractivity contribution >= 4 is 17.5 Å². The molecule has 0 aliphatic carbocycles. The lowest BCUT2D eigenvalue weighted by Gasteiger charge is -2.26. The van der Waals surface area contributed by atoms with E-state index < -0.39 is 0 Å². The molecule has 2 heterocycles. The molecule has 0 spiro atoms. The Hall–Kier alpha value is -1.92. The monoisotopic (exact) mass is 331 g/mol. The van der Waals surface area contributed by atoms with Gasteiger partial charge in [0.05, 0.1) is 19.1 Å². The minimum Gasteiger partial charge on any atom is -0.379 e. The first-order chi connectivity index (χ1) is 11.7. The number of ether oxygens (including phenoxy) is 1. The molecule has 2 aliphatic rings. The van der Waals surface area contributed by atoms with Crippen molar-refractivity contribution in [3.05, 3.63) is 30.3 Å². The summed E-state index contributed by atoms with van der Waals surface area (Å²) in [7, 11) is 0. The molecule has 2 saturated heterocycles. The summed E-state index contributed by atoms with van der Waals surface area (Å²) in [5, 5.41) is 2.98. The van der Waals surface area contributed by atoms with Gasteiger partial charge in [-0.15, -0.1) is 0 Å². The largest absolute Gasteiger partial charge is 0.379 e. The molecule has 0 radical (unpaired) electrons. The third kappa shape index (κ3) is 4.33. The van der Waals surface area contributed by atoms with E-state index in [0.29, 0.717) is 19.5 Å². The highest BCUT2D eigenvalue weighted by Gasteiger charge is 2.34. The van der Waals surface area contributed by atoms with E-state index in [1.807, 2.05) is 30.3 Å². The maximum Gasteiger partial charge on any atom is 0.227 e. The molecule has 3 rings (SSSR count). The fourth-order valence-corrected chi connectivity index (χ4v) is 3.22. The molecule has 2 fully saturated rings. The predicted octanol–water partition coefficient (Wildman–Crippen LogP) is 0.878. The number of rotatable bonds is 6. The van der Waals surface area contributed by atoms with Gasteiger partial charge in [-0.2, -0.15) is 0 Å². The zero-order chi connectivity index (χ0) is 16.8. The quantitative estimate of drug-likeness (QED) is 0.786. The lowest BCUT2D eigenvalue weighted by Crippen LogP contribution is -2.39. The SMILES string of the molecule is O=C(NCCCN1CCOCC1)C1CC(=O)N(c2ccccc2)C1. The standard InChI is InChI=1S/C18H25N3O3/c22-17-13-15(14-21(17)16-5-2-1-3-6-16)18(23)19-7-4-8-20-9-11-24-12-10-20/h1-3,5-6,15H,4,7-14H2,(H,19,23). The molecular formula is C18H25N3O3. The Morgan fingerprint density at radius 3 is 2.71 bits per heavy atom. The second-order valence-electron chi connectivity index (χ2n) is 6.34. The summed E-state index contributed by atoms with van der Waals surface area (Å²) in [6, 6.07) is 9.53. The van der Waals surface area contributed by atoms with Gasteiger partial charge >= 0.3 is 0 Å². The third-order valence-electron chi connectivity index (χ3n) is 4.62. The number of anilines is 1. The van der Waals surface area contributed by atoms with Crippen molar-refractivity contribution in [2.75, 3.05) is 50.8 Å². The fourth-order valence-electron chi connectivity index (χ4n) is 3.22. The summed E-state index contributed by atoms with van der Waals surface area (Å²) in [6.45, 7) is 5.64. The van der Waals surface area contributed by atoms with Crippen LogP contribution in [0.15, 0.2) is 30.3 Å². The Morgan fingerprint density at radius 2 is 1.96 bits per heavy atom. The molecule has 1 aromatic rings. The summed E-state index contributed by atoms with van der Waals surface area (Å²) in [5.74, 6) is -0.237. The van der Waals surface area contributed by atoms with Crippen LogP contribution in [0.3, 0.4) is 0 Å². The van der Waals surface area contributed by atoms with Gasteiger partial charge in [-0.05, 0) is 25.1 Å². The van der Waals surface area contributed by atoms with Crippen LogP contribution in [0.1, 0.15) is 12.8 Å². The van der Waals surface area contributed by atoms with Gasteiger partial charge in [-0.25, -0.2) is 0 Å². The van der Waals surface area contributed by atoms with Crippen LogP contribution in [0.25, 0.3) is 0 Å². The number of amides is 2. The average molecular weight is 331 g/mol. The van der Waals surface area contributed by atoms with E-state index in [1.54, 1.807) is 4.90 Å². The second-order valence-corrected chi connectivity index (χ2v) is 6.34. The highest BCUT2D eigenvalue weighted by Crippen LogP contribution is 2.24. The van der Waals surface area contributed by atoms with Crippen LogP contribution in [0.2, 0.25) is 0 Å². The van der Waals surface area contributed by atoms with Gasteiger partial charge in [-0.1, -0.05) is 18.2 Å². The van der Waals surface area contributed by atoms with Crippen LogP contribution in [0.5, 0.6) is 0 Å².